The van der Waals surface area contributed by atoms with Crippen LogP contribution in [-0.4, -0.2) is 29.3 Å². The van der Waals surface area contributed by atoms with Gasteiger partial charge in [-0.3, -0.25) is 0 Å². The lowest BCUT2D eigenvalue weighted by Gasteiger charge is -2.55. The largest absolute Gasteiger partial charge is 0.347 e. The average molecular weight is 419 g/mol. The molecule has 0 saturated carbocycles. The molecule has 2 saturated heterocycles. The molecule has 2 aliphatic heterocycles. The van der Waals surface area contributed by atoms with E-state index in [-0.39, 0.29) is 24.0 Å². The van der Waals surface area contributed by atoms with Crippen LogP contribution < -0.4 is 5.30 Å². The van der Waals surface area contributed by atoms with Crippen molar-refractivity contribution < 1.29 is 9.47 Å². The molecule has 3 heteroatoms. The van der Waals surface area contributed by atoms with Crippen molar-refractivity contribution in [3.05, 3.63) is 66.7 Å². The summed E-state index contributed by atoms with van der Waals surface area (Å²) in [4.78, 5) is 0. The minimum Gasteiger partial charge on any atom is -0.347 e. The van der Waals surface area contributed by atoms with Gasteiger partial charge in [-0.2, -0.15) is 0 Å². The molecule has 2 nitrogen and oxygen atoms in total. The molecule has 0 aliphatic carbocycles. The van der Waals surface area contributed by atoms with Crippen LogP contribution in [0.5, 0.6) is 0 Å². The van der Waals surface area contributed by atoms with Crippen LogP contribution in [0.1, 0.15) is 40.5 Å². The molecule has 5 rings (SSSR count). The molecule has 2 heterocycles. The summed E-state index contributed by atoms with van der Waals surface area (Å²) in [6.45, 7) is 11.1. The van der Waals surface area contributed by atoms with E-state index >= 15 is 0 Å². The molecule has 0 radical (unpaired) electrons. The third-order valence-corrected chi connectivity index (χ3v) is 10.2. The zero-order valence-electron chi connectivity index (χ0n) is 18.4. The van der Waals surface area contributed by atoms with Crippen molar-refractivity contribution in [1.82, 2.24) is 0 Å². The quantitative estimate of drug-likeness (QED) is 0.431. The van der Waals surface area contributed by atoms with E-state index in [0.717, 1.165) is 26.1 Å². The minimum absolute atomic E-state index is 0.159. The van der Waals surface area contributed by atoms with Gasteiger partial charge in [-0.25, -0.2) is 0 Å². The number of benzene rings is 3. The molecule has 156 valence electrons. The predicted molar refractivity (Wildman–Crippen MR) is 128 cm³/mol. The van der Waals surface area contributed by atoms with Crippen LogP contribution in [0.4, 0.5) is 0 Å². The molecular formula is C27H31O2P. The maximum atomic E-state index is 6.14. The second kappa shape index (κ2) is 7.16. The summed E-state index contributed by atoms with van der Waals surface area (Å²) < 4.78 is 12.3. The Bertz CT molecular complexity index is 1040. The molecule has 0 bridgehead atoms. The van der Waals surface area contributed by atoms with E-state index in [4.69, 9.17) is 9.47 Å². The summed E-state index contributed by atoms with van der Waals surface area (Å²) in [7, 11) is -0.365. The summed E-state index contributed by atoms with van der Waals surface area (Å²) in [6, 6.07) is 24.7. The summed E-state index contributed by atoms with van der Waals surface area (Å²) >= 11 is 0. The second-order valence-corrected chi connectivity index (χ2v) is 13.6. The highest BCUT2D eigenvalue weighted by atomic mass is 31.1. The van der Waals surface area contributed by atoms with Crippen LogP contribution in [0.15, 0.2) is 66.7 Å². The fraction of sp³-hybridized carbons (Fsp3) is 0.407. The molecule has 30 heavy (non-hydrogen) atoms. The summed E-state index contributed by atoms with van der Waals surface area (Å²) in [5.41, 5.74) is 2.56. The van der Waals surface area contributed by atoms with Crippen molar-refractivity contribution in [3.63, 3.8) is 0 Å². The van der Waals surface area contributed by atoms with E-state index in [2.05, 4.69) is 94.4 Å². The Labute approximate surface area is 181 Å². The Balaban J connectivity index is 1.47. The van der Waals surface area contributed by atoms with Gasteiger partial charge < -0.3 is 9.47 Å². The smallest absolute Gasteiger partial charge is 0.170 e. The van der Waals surface area contributed by atoms with Crippen molar-refractivity contribution in [2.45, 2.75) is 56.6 Å². The predicted octanol–water partition coefficient (Wildman–Crippen LogP) is 6.71. The molecule has 0 unspecified atom stereocenters. The van der Waals surface area contributed by atoms with Gasteiger partial charge in [0.15, 0.2) is 5.79 Å². The summed E-state index contributed by atoms with van der Waals surface area (Å²) in [5, 5.41) is 4.38. The lowest BCUT2D eigenvalue weighted by atomic mass is 9.91. The SMILES string of the molecule is CC1(C)CC2(CC(C)(C)P1c1ccc(-c3ccc4ccccc4c3)cc1)OCCO2. The fourth-order valence-electron chi connectivity index (χ4n) is 5.93. The van der Waals surface area contributed by atoms with E-state index in [1.165, 1.54) is 27.2 Å². The van der Waals surface area contributed by atoms with Crippen LogP contribution in [0, 0.1) is 0 Å². The molecule has 0 atom stereocenters. The lowest BCUT2D eigenvalue weighted by molar-refractivity contribution is -0.178. The molecular weight excluding hydrogens is 387 g/mol. The number of hydrogen-bond acceptors (Lipinski definition) is 2. The van der Waals surface area contributed by atoms with Gasteiger partial charge in [-0.05, 0) is 43.6 Å². The Morgan fingerprint density at radius 1 is 0.667 bits per heavy atom. The molecule has 1 spiro atoms. The standard InChI is InChI=1S/C27H31O2P/c1-25(2)18-27(28-15-16-29-27)19-26(3,4)30(25)24-13-11-21(12-14-24)23-10-9-20-7-5-6-8-22(20)17-23/h5-14,17H,15-16,18-19H2,1-4H3. The molecule has 2 aliphatic rings. The van der Waals surface area contributed by atoms with Crippen molar-refractivity contribution in [2.24, 2.45) is 0 Å². The highest BCUT2D eigenvalue weighted by Gasteiger charge is 2.56. The maximum Gasteiger partial charge on any atom is 0.170 e. The molecule has 0 aromatic heterocycles. The van der Waals surface area contributed by atoms with Gasteiger partial charge in [-0.1, -0.05) is 96.3 Å². The summed E-state index contributed by atoms with van der Waals surface area (Å²) in [5.74, 6) is -0.378. The van der Waals surface area contributed by atoms with Gasteiger partial charge in [0.05, 0.1) is 13.2 Å². The Kier molecular flexibility index (Phi) is 4.82. The number of fused-ring (bicyclic) bond motifs is 1. The van der Waals surface area contributed by atoms with Crippen molar-refractivity contribution in [3.8, 4) is 11.1 Å². The van der Waals surface area contributed by atoms with Gasteiger partial charge in [0, 0.05) is 12.8 Å². The zero-order chi connectivity index (χ0) is 21.0. The van der Waals surface area contributed by atoms with Gasteiger partial charge in [0.25, 0.3) is 0 Å². The Morgan fingerprint density at radius 3 is 1.87 bits per heavy atom. The van der Waals surface area contributed by atoms with Crippen LogP contribution in [0.2, 0.25) is 0 Å². The number of ether oxygens (including phenoxy) is 2. The molecule has 2 fully saturated rings. The van der Waals surface area contributed by atoms with Gasteiger partial charge >= 0.3 is 0 Å². The number of hydrogen-bond donors (Lipinski definition) is 0. The fourth-order valence-corrected chi connectivity index (χ4v) is 10.2. The first-order chi connectivity index (χ1) is 14.3. The molecule has 0 amide bonds. The van der Waals surface area contributed by atoms with Gasteiger partial charge in [-0.15, -0.1) is 0 Å². The van der Waals surface area contributed by atoms with Crippen LogP contribution in [0.25, 0.3) is 21.9 Å². The Morgan fingerprint density at radius 2 is 1.23 bits per heavy atom. The van der Waals surface area contributed by atoms with Gasteiger partial charge in [0.1, 0.15) is 0 Å². The molecule has 3 aromatic rings. The minimum atomic E-state index is -0.378. The van der Waals surface area contributed by atoms with Gasteiger partial charge in [0.2, 0.25) is 0 Å². The first kappa shape index (κ1) is 20.2. The van der Waals surface area contributed by atoms with Crippen LogP contribution >= 0.6 is 7.92 Å². The first-order valence-electron chi connectivity index (χ1n) is 11.0. The maximum absolute atomic E-state index is 6.14. The first-order valence-corrected chi connectivity index (χ1v) is 12.3. The topological polar surface area (TPSA) is 18.5 Å². The third-order valence-electron chi connectivity index (χ3n) is 6.64. The lowest BCUT2D eigenvalue weighted by Crippen LogP contribution is -2.52. The normalized spacial score (nSPS) is 22.5. The number of rotatable bonds is 2. The van der Waals surface area contributed by atoms with E-state index in [1.807, 2.05) is 0 Å². The van der Waals surface area contributed by atoms with E-state index in [0.29, 0.717) is 0 Å². The van der Waals surface area contributed by atoms with E-state index in [9.17, 15) is 0 Å². The van der Waals surface area contributed by atoms with Crippen molar-refractivity contribution in [2.75, 3.05) is 13.2 Å². The highest BCUT2D eigenvalue weighted by molar-refractivity contribution is 7.68. The third kappa shape index (κ3) is 3.50. The monoisotopic (exact) mass is 418 g/mol. The second-order valence-electron chi connectivity index (χ2n) is 10.0. The highest BCUT2D eigenvalue weighted by Crippen LogP contribution is 2.68. The van der Waals surface area contributed by atoms with E-state index < -0.39 is 0 Å². The Hall–Kier alpha value is -1.73. The van der Waals surface area contributed by atoms with Crippen molar-refractivity contribution >= 4 is 24.0 Å². The zero-order valence-corrected chi connectivity index (χ0v) is 19.3. The summed E-state index contributed by atoms with van der Waals surface area (Å²) in [6.07, 6.45) is 1.95. The molecule has 3 aromatic carbocycles. The van der Waals surface area contributed by atoms with Crippen LogP contribution in [-0.2, 0) is 9.47 Å². The van der Waals surface area contributed by atoms with E-state index in [1.54, 1.807) is 0 Å². The van der Waals surface area contributed by atoms with Crippen LogP contribution in [0.3, 0.4) is 0 Å². The average Bonchev–Trinajstić information content (AvgIpc) is 3.13. The molecule has 0 N–H and O–H groups in total. The van der Waals surface area contributed by atoms with Crippen molar-refractivity contribution in [1.29, 1.82) is 0 Å².